The molecule has 1 aromatic heterocycles. The maximum absolute atomic E-state index is 14.8. The lowest BCUT2D eigenvalue weighted by molar-refractivity contribution is 0.111. The van der Waals surface area contributed by atoms with Gasteiger partial charge >= 0.3 is 0 Å². The van der Waals surface area contributed by atoms with Crippen molar-refractivity contribution in [3.8, 4) is 17.2 Å². The van der Waals surface area contributed by atoms with Gasteiger partial charge in [-0.15, -0.1) is 0 Å². The Bertz CT molecular complexity index is 1100. The first-order chi connectivity index (χ1) is 13.4. The zero-order valence-corrected chi connectivity index (χ0v) is 16.2. The first-order valence-electron chi connectivity index (χ1n) is 9.69. The Balaban J connectivity index is 1.99. The third kappa shape index (κ3) is 2.94. The lowest BCUT2D eigenvalue weighted by Crippen LogP contribution is -2.20. The number of aliphatic hydroxyl groups excluding tert-OH is 1. The van der Waals surface area contributed by atoms with Crippen molar-refractivity contribution in [1.82, 2.24) is 4.57 Å². The highest BCUT2D eigenvalue weighted by Gasteiger charge is 2.25. The van der Waals surface area contributed by atoms with E-state index < -0.39 is 0 Å². The molecule has 1 aliphatic rings. The molecule has 0 radical (unpaired) electrons. The molecule has 0 spiro atoms. The Morgan fingerprint density at radius 3 is 2.57 bits per heavy atom. The van der Waals surface area contributed by atoms with Crippen molar-refractivity contribution in [3.63, 3.8) is 0 Å². The van der Waals surface area contributed by atoms with Gasteiger partial charge in [0.05, 0.1) is 17.7 Å². The molecule has 1 heterocycles. The Hall–Kier alpha value is -2.84. The molecule has 0 unspecified atom stereocenters. The molecule has 144 valence electrons. The summed E-state index contributed by atoms with van der Waals surface area (Å²) in [7, 11) is 0. The van der Waals surface area contributed by atoms with Crippen LogP contribution in [0.2, 0.25) is 0 Å². The summed E-state index contributed by atoms with van der Waals surface area (Å²) < 4.78 is 17.0. The maximum Gasteiger partial charge on any atom is 0.131 e. The molecular formula is C23H24FN3O. The molecule has 0 atom stereocenters. The number of benzene rings is 2. The summed E-state index contributed by atoms with van der Waals surface area (Å²) in [5, 5.41) is 20.2. The van der Waals surface area contributed by atoms with Crippen LogP contribution in [-0.2, 0) is 0 Å². The molecule has 4 rings (SSSR count). The van der Waals surface area contributed by atoms with Crippen molar-refractivity contribution < 1.29 is 9.50 Å². The second kappa shape index (κ2) is 6.96. The molecule has 3 aromatic rings. The zero-order chi connectivity index (χ0) is 20.0. The van der Waals surface area contributed by atoms with E-state index in [-0.39, 0.29) is 18.0 Å². The summed E-state index contributed by atoms with van der Waals surface area (Å²) >= 11 is 0. The van der Waals surface area contributed by atoms with Crippen LogP contribution in [0.15, 0.2) is 30.5 Å². The fourth-order valence-corrected chi connectivity index (χ4v) is 4.38. The number of nitrogens with zero attached hydrogens (tertiary/aromatic N) is 2. The number of nitrogen functional groups attached to an aromatic ring is 1. The number of hydrogen-bond acceptors (Lipinski definition) is 3. The summed E-state index contributed by atoms with van der Waals surface area (Å²) in [6.45, 7) is 3.75. The minimum atomic E-state index is -0.316. The largest absolute Gasteiger partial charge is 0.398 e. The highest BCUT2D eigenvalue weighted by atomic mass is 19.1. The van der Waals surface area contributed by atoms with E-state index >= 15 is 0 Å². The average Bonchev–Trinajstić information content (AvgIpc) is 3.03. The van der Waals surface area contributed by atoms with Crippen LogP contribution in [0.3, 0.4) is 0 Å². The normalized spacial score (nSPS) is 19.7. The topological polar surface area (TPSA) is 75.0 Å². The second-order valence-electron chi connectivity index (χ2n) is 7.85. The van der Waals surface area contributed by atoms with Crippen molar-refractivity contribution in [2.75, 3.05) is 5.73 Å². The van der Waals surface area contributed by atoms with Gasteiger partial charge in [0.25, 0.3) is 0 Å². The molecule has 1 saturated carbocycles. The number of hydrogen-bond donors (Lipinski definition) is 2. The number of nitrogens with two attached hydrogens (primary N) is 1. The standard InChI is InChI=1S/C23H24FN3O/c1-13-9-22-18(10-15(13)11-25)19(23-14(2)21(26)8-7-20(23)24)12-27(22)16-3-5-17(28)6-4-16/h7-10,12,16-17,28H,3-6,26H2,1-2H3/t16-,17-. The van der Waals surface area contributed by atoms with Crippen LogP contribution >= 0.6 is 0 Å². The third-order valence-electron chi connectivity index (χ3n) is 6.08. The smallest absolute Gasteiger partial charge is 0.131 e. The van der Waals surface area contributed by atoms with Crippen LogP contribution in [0, 0.1) is 31.0 Å². The fraction of sp³-hybridized carbons (Fsp3) is 0.348. The molecule has 5 heteroatoms. The summed E-state index contributed by atoms with van der Waals surface area (Å²) in [5.74, 6) is -0.316. The lowest BCUT2D eigenvalue weighted by Gasteiger charge is -2.27. The SMILES string of the molecule is Cc1cc2c(cc1C#N)c(-c1c(F)ccc(N)c1C)cn2[C@H]1CC[C@H](O)CC1. The van der Waals surface area contributed by atoms with Gasteiger partial charge in [0.1, 0.15) is 5.82 Å². The van der Waals surface area contributed by atoms with Crippen LogP contribution < -0.4 is 5.73 Å². The van der Waals surface area contributed by atoms with Crippen LogP contribution in [0.25, 0.3) is 22.0 Å². The minimum absolute atomic E-state index is 0.238. The monoisotopic (exact) mass is 377 g/mol. The molecule has 2 aromatic carbocycles. The summed E-state index contributed by atoms with van der Waals surface area (Å²) in [6, 6.07) is 9.34. The van der Waals surface area contributed by atoms with Gasteiger partial charge in [-0.1, -0.05) is 0 Å². The Morgan fingerprint density at radius 1 is 1.18 bits per heavy atom. The molecule has 0 aliphatic heterocycles. The minimum Gasteiger partial charge on any atom is -0.398 e. The quantitative estimate of drug-likeness (QED) is 0.618. The van der Waals surface area contributed by atoms with E-state index in [1.165, 1.54) is 6.07 Å². The summed E-state index contributed by atoms with van der Waals surface area (Å²) in [4.78, 5) is 0. The first kappa shape index (κ1) is 18.5. The number of aromatic nitrogens is 1. The number of aryl methyl sites for hydroxylation is 1. The number of nitriles is 1. The van der Waals surface area contributed by atoms with E-state index in [0.29, 0.717) is 22.4 Å². The maximum atomic E-state index is 14.8. The van der Waals surface area contributed by atoms with Crippen LogP contribution in [0.1, 0.15) is 48.4 Å². The van der Waals surface area contributed by atoms with Crippen LogP contribution in [-0.4, -0.2) is 15.8 Å². The van der Waals surface area contributed by atoms with Gasteiger partial charge in [-0.05, 0) is 74.9 Å². The van der Waals surface area contributed by atoms with E-state index in [1.807, 2.05) is 32.2 Å². The number of rotatable bonds is 2. The van der Waals surface area contributed by atoms with Gasteiger partial charge in [0.2, 0.25) is 0 Å². The molecule has 0 saturated heterocycles. The lowest BCUT2D eigenvalue weighted by atomic mass is 9.93. The van der Waals surface area contributed by atoms with Crippen molar-refractivity contribution >= 4 is 16.6 Å². The zero-order valence-electron chi connectivity index (χ0n) is 16.2. The van der Waals surface area contributed by atoms with Gasteiger partial charge in [0.15, 0.2) is 0 Å². The molecule has 4 nitrogen and oxygen atoms in total. The van der Waals surface area contributed by atoms with Gasteiger partial charge in [0, 0.05) is 40.0 Å². The van der Waals surface area contributed by atoms with E-state index in [1.54, 1.807) is 6.07 Å². The Labute approximate surface area is 164 Å². The summed E-state index contributed by atoms with van der Waals surface area (Å²) in [6.07, 6.45) is 5.04. The van der Waals surface area contributed by atoms with Gasteiger partial charge in [-0.25, -0.2) is 4.39 Å². The average molecular weight is 377 g/mol. The highest BCUT2D eigenvalue weighted by molar-refractivity contribution is 5.99. The number of anilines is 1. The molecular weight excluding hydrogens is 353 g/mol. The van der Waals surface area contributed by atoms with E-state index in [4.69, 9.17) is 5.73 Å². The van der Waals surface area contributed by atoms with Crippen molar-refractivity contribution in [2.24, 2.45) is 0 Å². The molecule has 1 fully saturated rings. The highest BCUT2D eigenvalue weighted by Crippen LogP contribution is 2.40. The van der Waals surface area contributed by atoms with Crippen molar-refractivity contribution in [3.05, 3.63) is 53.0 Å². The van der Waals surface area contributed by atoms with E-state index in [0.717, 1.165) is 47.7 Å². The van der Waals surface area contributed by atoms with Crippen molar-refractivity contribution in [1.29, 1.82) is 5.26 Å². The van der Waals surface area contributed by atoms with Gasteiger partial charge in [-0.2, -0.15) is 5.26 Å². The first-order valence-corrected chi connectivity index (χ1v) is 9.69. The van der Waals surface area contributed by atoms with E-state index in [2.05, 4.69) is 10.6 Å². The van der Waals surface area contributed by atoms with E-state index in [9.17, 15) is 14.8 Å². The number of fused-ring (bicyclic) bond motifs is 1. The molecule has 28 heavy (non-hydrogen) atoms. The fourth-order valence-electron chi connectivity index (χ4n) is 4.38. The van der Waals surface area contributed by atoms with Crippen LogP contribution in [0.4, 0.5) is 10.1 Å². The Morgan fingerprint density at radius 2 is 1.89 bits per heavy atom. The molecule has 3 N–H and O–H groups in total. The predicted octanol–water partition coefficient (Wildman–Crippen LogP) is 4.99. The third-order valence-corrected chi connectivity index (χ3v) is 6.08. The number of aliphatic hydroxyl groups is 1. The molecule has 0 bridgehead atoms. The summed E-state index contributed by atoms with van der Waals surface area (Å²) in [5.41, 5.74) is 11.1. The molecule has 1 aliphatic carbocycles. The van der Waals surface area contributed by atoms with Crippen molar-refractivity contribution in [2.45, 2.75) is 51.7 Å². The molecule has 0 amide bonds. The Kier molecular flexibility index (Phi) is 4.60. The predicted molar refractivity (Wildman–Crippen MR) is 109 cm³/mol. The number of halogens is 1. The van der Waals surface area contributed by atoms with Gasteiger partial charge < -0.3 is 15.4 Å². The second-order valence-corrected chi connectivity index (χ2v) is 7.85. The van der Waals surface area contributed by atoms with Gasteiger partial charge in [-0.3, -0.25) is 0 Å². The van der Waals surface area contributed by atoms with Crippen LogP contribution in [0.5, 0.6) is 0 Å².